The summed E-state index contributed by atoms with van der Waals surface area (Å²) >= 11 is 1.74. The topological polar surface area (TPSA) is 99.2 Å². The molecule has 1 aromatic carbocycles. The number of hydrogen-bond donors (Lipinski definition) is 2. The third-order valence-corrected chi connectivity index (χ3v) is 10.8. The highest BCUT2D eigenvalue weighted by Crippen LogP contribution is 2.38. The predicted octanol–water partition coefficient (Wildman–Crippen LogP) is 3.72. The lowest BCUT2D eigenvalue weighted by Gasteiger charge is -2.42. The molecule has 0 aliphatic carbocycles. The number of thioether (sulfide) groups is 1. The Morgan fingerprint density at radius 1 is 1.00 bits per heavy atom. The average molecular weight is 632 g/mol. The minimum Gasteiger partial charge on any atom is -0.395 e. The van der Waals surface area contributed by atoms with Crippen molar-refractivity contribution in [2.45, 2.75) is 48.6 Å². The van der Waals surface area contributed by atoms with Crippen LogP contribution in [0.2, 0.25) is 0 Å². The van der Waals surface area contributed by atoms with E-state index >= 15 is 0 Å². The lowest BCUT2D eigenvalue weighted by atomic mass is 9.73. The number of fused-ring (bicyclic) bond motifs is 1. The van der Waals surface area contributed by atoms with Crippen LogP contribution in [0.25, 0.3) is 5.65 Å². The molecule has 4 aromatic rings. The summed E-state index contributed by atoms with van der Waals surface area (Å²) in [4.78, 5) is 13.7. The van der Waals surface area contributed by atoms with Crippen LogP contribution in [0.1, 0.15) is 31.2 Å². The van der Waals surface area contributed by atoms with E-state index in [1.165, 1.54) is 23.3 Å². The zero-order valence-corrected chi connectivity index (χ0v) is 27.0. The van der Waals surface area contributed by atoms with Crippen molar-refractivity contribution in [2.75, 3.05) is 82.1 Å². The Labute approximate surface area is 269 Å². The molecule has 0 atom stereocenters. The van der Waals surface area contributed by atoms with Crippen molar-refractivity contribution in [2.24, 2.45) is 0 Å². The van der Waals surface area contributed by atoms with E-state index < -0.39 is 0 Å². The number of anilines is 3. The summed E-state index contributed by atoms with van der Waals surface area (Å²) in [6.45, 7) is 9.90. The largest absolute Gasteiger partial charge is 0.395 e. The Morgan fingerprint density at radius 3 is 2.51 bits per heavy atom. The number of aromatic nitrogens is 5. The van der Waals surface area contributed by atoms with Gasteiger partial charge in [0.15, 0.2) is 5.65 Å². The summed E-state index contributed by atoms with van der Waals surface area (Å²) in [6.07, 6.45) is 12.2. The van der Waals surface area contributed by atoms with E-state index in [1.807, 2.05) is 33.9 Å². The second kappa shape index (κ2) is 13.7. The van der Waals surface area contributed by atoms with Gasteiger partial charge in [0.1, 0.15) is 0 Å². The van der Waals surface area contributed by atoms with Gasteiger partial charge in [-0.2, -0.15) is 10.1 Å². The molecule has 45 heavy (non-hydrogen) atoms. The summed E-state index contributed by atoms with van der Waals surface area (Å²) in [7, 11) is 0. The van der Waals surface area contributed by atoms with Crippen LogP contribution >= 0.6 is 11.8 Å². The van der Waals surface area contributed by atoms with Gasteiger partial charge in [-0.1, -0.05) is 12.1 Å². The smallest absolute Gasteiger partial charge is 0.247 e. The van der Waals surface area contributed by atoms with Gasteiger partial charge in [-0.15, -0.1) is 16.9 Å². The lowest BCUT2D eigenvalue weighted by molar-refractivity contribution is 0.000618. The molecule has 2 N–H and O–H groups in total. The van der Waals surface area contributed by atoms with E-state index in [9.17, 15) is 5.11 Å². The molecular weight excluding hydrogens is 586 g/mol. The van der Waals surface area contributed by atoms with Gasteiger partial charge in [-0.25, -0.2) is 4.52 Å². The van der Waals surface area contributed by atoms with Gasteiger partial charge in [0.2, 0.25) is 5.95 Å². The minimum absolute atomic E-state index is 0.157. The zero-order chi connectivity index (χ0) is 30.6. The third-order valence-electron chi connectivity index (χ3n) is 10.1. The maximum absolute atomic E-state index is 10.5. The SMILES string of the molecule is CSc1ccc(C2(CO)CCN(c3cccn4nc(Nc5cnn(CCN6CCC(N7CCOCC7)CC6)c5)nc34)CC2)cc1. The van der Waals surface area contributed by atoms with Gasteiger partial charge in [0.25, 0.3) is 0 Å². The molecule has 3 aromatic heterocycles. The quantitative estimate of drug-likeness (QED) is 0.252. The first-order chi connectivity index (χ1) is 22.1. The molecule has 0 radical (unpaired) electrons. The molecule has 0 unspecified atom stereocenters. The summed E-state index contributed by atoms with van der Waals surface area (Å²) < 4.78 is 9.38. The molecule has 3 fully saturated rings. The van der Waals surface area contributed by atoms with Gasteiger partial charge >= 0.3 is 0 Å². The highest BCUT2D eigenvalue weighted by Gasteiger charge is 2.36. The number of aliphatic hydroxyl groups is 1. The number of pyridine rings is 1. The number of aliphatic hydroxyl groups excluding tert-OH is 1. The molecule has 3 saturated heterocycles. The maximum atomic E-state index is 10.5. The first-order valence-electron chi connectivity index (χ1n) is 16.3. The van der Waals surface area contributed by atoms with Crippen LogP contribution in [0.15, 0.2) is 59.9 Å². The molecule has 240 valence electrons. The van der Waals surface area contributed by atoms with E-state index in [0.29, 0.717) is 12.0 Å². The zero-order valence-electron chi connectivity index (χ0n) is 26.2. The lowest BCUT2D eigenvalue weighted by Crippen LogP contribution is -2.49. The molecule has 11 nitrogen and oxygen atoms in total. The summed E-state index contributed by atoms with van der Waals surface area (Å²) in [5.74, 6) is 0.558. The van der Waals surface area contributed by atoms with E-state index in [4.69, 9.17) is 14.8 Å². The number of rotatable bonds is 10. The van der Waals surface area contributed by atoms with Crippen LogP contribution in [-0.2, 0) is 16.7 Å². The number of ether oxygens (including phenoxy) is 1. The van der Waals surface area contributed by atoms with Gasteiger partial charge < -0.3 is 25.0 Å². The number of nitrogens with zero attached hydrogens (tertiary/aromatic N) is 8. The second-order valence-corrected chi connectivity index (χ2v) is 13.5. The Kier molecular flexibility index (Phi) is 9.27. The molecule has 0 saturated carbocycles. The molecule has 0 bridgehead atoms. The van der Waals surface area contributed by atoms with Crippen LogP contribution in [0.5, 0.6) is 0 Å². The maximum Gasteiger partial charge on any atom is 0.247 e. The highest BCUT2D eigenvalue weighted by molar-refractivity contribution is 7.98. The molecule has 0 spiro atoms. The fraction of sp³-hybridized carbons (Fsp3) is 0.545. The van der Waals surface area contributed by atoms with Gasteiger partial charge in [-0.05, 0) is 74.9 Å². The fourth-order valence-corrected chi connectivity index (χ4v) is 7.63. The van der Waals surface area contributed by atoms with Crippen molar-refractivity contribution in [1.29, 1.82) is 0 Å². The second-order valence-electron chi connectivity index (χ2n) is 12.6. The number of likely N-dealkylation sites (tertiary alicyclic amines) is 1. The van der Waals surface area contributed by atoms with Crippen molar-refractivity contribution in [1.82, 2.24) is 34.2 Å². The van der Waals surface area contributed by atoms with Gasteiger partial charge in [0, 0.05) is 61.5 Å². The van der Waals surface area contributed by atoms with Crippen molar-refractivity contribution in [3.05, 3.63) is 60.6 Å². The van der Waals surface area contributed by atoms with Crippen LogP contribution in [0.4, 0.5) is 17.3 Å². The van der Waals surface area contributed by atoms with Crippen LogP contribution < -0.4 is 10.2 Å². The Balaban J connectivity index is 0.944. The van der Waals surface area contributed by atoms with E-state index in [1.54, 1.807) is 11.8 Å². The number of piperidine rings is 2. The highest BCUT2D eigenvalue weighted by atomic mass is 32.2. The summed E-state index contributed by atoms with van der Waals surface area (Å²) in [5.41, 5.74) is 3.79. The molecular formula is C33H45N9O2S. The Hall–Kier alpha value is -3.16. The van der Waals surface area contributed by atoms with E-state index in [0.717, 1.165) is 95.4 Å². The average Bonchev–Trinajstić information content (AvgIpc) is 3.74. The Morgan fingerprint density at radius 2 is 1.78 bits per heavy atom. The van der Waals surface area contributed by atoms with E-state index in [-0.39, 0.29) is 12.0 Å². The fourth-order valence-electron chi connectivity index (χ4n) is 7.22. The Bertz CT molecular complexity index is 1540. The predicted molar refractivity (Wildman–Crippen MR) is 179 cm³/mol. The van der Waals surface area contributed by atoms with Crippen molar-refractivity contribution >= 4 is 34.7 Å². The first-order valence-corrected chi connectivity index (χ1v) is 17.5. The minimum atomic E-state index is -0.210. The number of hydrogen-bond acceptors (Lipinski definition) is 10. The van der Waals surface area contributed by atoms with Crippen molar-refractivity contribution < 1.29 is 9.84 Å². The standard InChI is InChI=1S/C33H45N9O2S/c1-45-29-6-4-26(5-7-29)33(25-43)10-15-40(16-11-33)30-3-2-12-42-31(30)36-32(37-42)35-27-23-34-41(24-27)18-17-38-13-8-28(9-14-38)39-19-21-44-22-20-39/h2-7,12,23-24,28,43H,8-11,13-22,25H2,1H3,(H,35,37). The van der Waals surface area contributed by atoms with Gasteiger partial charge in [-0.3, -0.25) is 9.58 Å². The molecule has 3 aliphatic rings. The molecule has 7 rings (SSSR count). The van der Waals surface area contributed by atoms with Crippen LogP contribution in [-0.4, -0.2) is 117 Å². The molecule has 12 heteroatoms. The van der Waals surface area contributed by atoms with Gasteiger partial charge in [0.05, 0.1) is 43.9 Å². The van der Waals surface area contributed by atoms with Crippen molar-refractivity contribution in [3.8, 4) is 0 Å². The molecule has 3 aliphatic heterocycles. The summed E-state index contributed by atoms with van der Waals surface area (Å²) in [6, 6.07) is 13.5. The molecule has 6 heterocycles. The van der Waals surface area contributed by atoms with Crippen LogP contribution in [0, 0.1) is 0 Å². The first kappa shape index (κ1) is 30.5. The monoisotopic (exact) mass is 631 g/mol. The third kappa shape index (κ3) is 6.71. The summed E-state index contributed by atoms with van der Waals surface area (Å²) in [5, 5.41) is 23.2. The van der Waals surface area contributed by atoms with E-state index in [2.05, 4.69) is 61.7 Å². The van der Waals surface area contributed by atoms with Crippen LogP contribution in [0.3, 0.4) is 0 Å². The normalized spacial score (nSPS) is 20.2. The molecule has 0 amide bonds. The van der Waals surface area contributed by atoms with Crippen molar-refractivity contribution in [3.63, 3.8) is 0 Å². The number of morpholine rings is 1. The number of nitrogens with one attached hydrogen (secondary N) is 1. The number of benzene rings is 1.